The number of pyridine rings is 2. The molecule has 2 aliphatic heterocycles. The fourth-order valence-corrected chi connectivity index (χ4v) is 10.9. The number of nitrogens with zero attached hydrogens (tertiary/aromatic N) is 4. The summed E-state index contributed by atoms with van der Waals surface area (Å²) in [5, 5.41) is 11.6. The predicted molar refractivity (Wildman–Crippen MR) is 295 cm³/mol. The summed E-state index contributed by atoms with van der Waals surface area (Å²) < 4.78 is 45.7. The Bertz CT molecular complexity index is 3440. The lowest BCUT2D eigenvalue weighted by atomic mass is 9.85. The number of amides is 5. The zero-order valence-corrected chi connectivity index (χ0v) is 46.4. The van der Waals surface area contributed by atoms with E-state index in [1.807, 2.05) is 24.3 Å². The van der Waals surface area contributed by atoms with Crippen molar-refractivity contribution in [2.24, 2.45) is 11.7 Å². The van der Waals surface area contributed by atoms with Gasteiger partial charge in [-0.2, -0.15) is 4.31 Å². The second-order valence-electron chi connectivity index (χ2n) is 19.8. The van der Waals surface area contributed by atoms with Gasteiger partial charge in [-0.05, 0) is 99.5 Å². The molecule has 3 atom stereocenters. The summed E-state index contributed by atoms with van der Waals surface area (Å²) in [5.41, 5.74) is 7.43. The number of esters is 1. The van der Waals surface area contributed by atoms with Crippen LogP contribution < -0.4 is 32.6 Å². The highest BCUT2D eigenvalue weighted by Gasteiger charge is 2.51. The summed E-state index contributed by atoms with van der Waals surface area (Å²) in [4.78, 5) is 105. The number of carbonyl (C=O) groups excluding carboxylic acids is 6. The average Bonchev–Trinajstić information content (AvgIpc) is 3.93. The van der Waals surface area contributed by atoms with E-state index in [1.54, 1.807) is 77.3 Å². The topological polar surface area (TPSA) is 305 Å². The molecule has 0 saturated carbocycles. The van der Waals surface area contributed by atoms with Crippen LogP contribution in [0.4, 0.5) is 15.3 Å². The first-order valence-corrected chi connectivity index (χ1v) is 28.1. The van der Waals surface area contributed by atoms with Crippen LogP contribution in [0.2, 0.25) is 0 Å². The predicted octanol–water partition coefficient (Wildman–Crippen LogP) is 5.34. The fraction of sp³-hybridized carbons (Fsp3) is 0.418. The number of H-pyrrole nitrogens is 1. The van der Waals surface area contributed by atoms with E-state index >= 15 is 0 Å². The van der Waals surface area contributed by atoms with Crippen molar-refractivity contribution >= 4 is 74.7 Å². The maximum atomic E-state index is 14.4. The zero-order chi connectivity index (χ0) is 57.2. The van der Waals surface area contributed by atoms with Gasteiger partial charge in [0.05, 0.1) is 40.8 Å². The lowest BCUT2D eigenvalue weighted by Crippen LogP contribution is -2.54. The zero-order valence-electron chi connectivity index (χ0n) is 44.7. The van der Waals surface area contributed by atoms with Crippen molar-refractivity contribution in [1.82, 2.24) is 39.8 Å². The molecular formula is C55H64N10O12S2. The second-order valence-corrected chi connectivity index (χ2v) is 22.1. The van der Waals surface area contributed by atoms with Crippen LogP contribution >= 0.6 is 12.2 Å². The van der Waals surface area contributed by atoms with E-state index in [1.165, 1.54) is 15.1 Å². The number of para-hydroxylation sites is 1. The third-order valence-electron chi connectivity index (χ3n) is 13.6. The van der Waals surface area contributed by atoms with E-state index in [-0.39, 0.29) is 87.5 Å². The van der Waals surface area contributed by atoms with E-state index < -0.39 is 63.2 Å². The molecule has 0 fully saturated rings. The number of primary amides is 1. The number of hydrogen-bond donors (Lipinski definition) is 6. The molecule has 2 aliphatic rings. The molecule has 79 heavy (non-hydrogen) atoms. The molecule has 2 aromatic carbocycles. The number of rotatable bonds is 22. The van der Waals surface area contributed by atoms with Gasteiger partial charge in [-0.1, -0.05) is 62.9 Å². The maximum Gasteiger partial charge on any atom is 0.510 e. The van der Waals surface area contributed by atoms with Crippen LogP contribution in [0.3, 0.4) is 0 Å². The Balaban J connectivity index is 1.01. The van der Waals surface area contributed by atoms with E-state index in [0.29, 0.717) is 57.8 Å². The SMILES string of the molecule is CC[C@@]1(OC(=O)OCc2ccc(NC(=O)[C@H](CCCNC(N)=O)NC(=O)[C@@H](NC(=O)CCCC#Cc3cnc(=S)[nH]c3)C(C)C)cc2)C(=O)OCc2c1cc1n(c2=O)Cc2c-1nc1ccccc1c2CCN(C(C)C)S(C)(=O)=O. The van der Waals surface area contributed by atoms with Gasteiger partial charge in [-0.3, -0.25) is 19.2 Å². The van der Waals surface area contributed by atoms with E-state index in [0.717, 1.165) is 16.5 Å². The first-order valence-electron chi connectivity index (χ1n) is 25.8. The first-order chi connectivity index (χ1) is 37.6. The van der Waals surface area contributed by atoms with Crippen LogP contribution in [0, 0.1) is 22.5 Å². The number of urea groups is 1. The van der Waals surface area contributed by atoms with Gasteiger partial charge in [0.15, 0.2) is 4.77 Å². The quantitative estimate of drug-likeness (QED) is 0.0216. The number of anilines is 1. The van der Waals surface area contributed by atoms with Crippen LogP contribution in [0.15, 0.2) is 71.8 Å². The number of nitrogens with one attached hydrogen (secondary N) is 5. The fourth-order valence-electron chi connectivity index (χ4n) is 9.55. The second kappa shape index (κ2) is 25.6. The first kappa shape index (κ1) is 58.7. The smallest absolute Gasteiger partial charge is 0.457 e. The average molecular weight is 1120 g/mol. The van der Waals surface area contributed by atoms with Gasteiger partial charge in [0.1, 0.15) is 25.3 Å². The van der Waals surface area contributed by atoms with Gasteiger partial charge in [0.2, 0.25) is 33.3 Å². The Hall–Kier alpha value is -8.01. The number of carbonyl (C=O) groups is 6. The monoisotopic (exact) mass is 1120 g/mol. The largest absolute Gasteiger partial charge is 0.510 e. The normalized spacial score (nSPS) is 15.2. The molecule has 5 aromatic rings. The van der Waals surface area contributed by atoms with E-state index in [9.17, 15) is 42.0 Å². The number of benzene rings is 2. The van der Waals surface area contributed by atoms with Crippen molar-refractivity contribution in [3.8, 4) is 23.2 Å². The molecule has 22 nitrogen and oxygen atoms in total. The van der Waals surface area contributed by atoms with Crippen LogP contribution in [-0.4, -0.2) is 106 Å². The Morgan fingerprint density at radius 3 is 2.43 bits per heavy atom. The summed E-state index contributed by atoms with van der Waals surface area (Å²) in [6, 6.07) is 12.2. The van der Waals surface area contributed by atoms with Crippen molar-refractivity contribution in [3.05, 3.63) is 115 Å². The molecule has 3 aromatic heterocycles. The molecule has 0 radical (unpaired) electrons. The molecule has 0 bridgehead atoms. The summed E-state index contributed by atoms with van der Waals surface area (Å²) in [5.74, 6) is 3.13. The van der Waals surface area contributed by atoms with E-state index in [2.05, 4.69) is 43.1 Å². The minimum absolute atomic E-state index is 0.0925. The van der Waals surface area contributed by atoms with Crippen molar-refractivity contribution in [1.29, 1.82) is 0 Å². The molecule has 5 amide bonds. The summed E-state index contributed by atoms with van der Waals surface area (Å²) in [6.07, 6.45) is 4.64. The Morgan fingerprint density at radius 1 is 1.01 bits per heavy atom. The molecular weight excluding hydrogens is 1060 g/mol. The van der Waals surface area contributed by atoms with Crippen LogP contribution in [0.5, 0.6) is 0 Å². The molecule has 24 heteroatoms. The molecule has 0 aliphatic carbocycles. The lowest BCUT2D eigenvalue weighted by molar-refractivity contribution is -0.175. The molecule has 7 rings (SSSR count). The van der Waals surface area contributed by atoms with Gasteiger partial charge >= 0.3 is 18.2 Å². The van der Waals surface area contributed by atoms with Crippen LogP contribution in [0.25, 0.3) is 22.3 Å². The highest BCUT2D eigenvalue weighted by molar-refractivity contribution is 7.88. The number of ether oxygens (including phenoxy) is 3. The lowest BCUT2D eigenvalue weighted by Gasteiger charge is -2.35. The van der Waals surface area contributed by atoms with Gasteiger partial charge in [-0.15, -0.1) is 0 Å². The standard InChI is InChI=1S/C55H64N10O12S2/c1-7-55(41-26-44-47-39(29-64(44)50(69)40(41)31-75-51(55)70)37(38-15-11-12-16-42(38)61-47)23-25-65(33(4)5)79(6,73)74)77-54(72)76-30-34-19-21-36(22-20-34)60-48(67)43(17-13-24-57-52(56)71)62-49(68)46(32(2)3)63-45(66)18-10-8-9-14-35-27-58-53(78)59-28-35/h11-12,15-16,19-22,26-28,32-33,43,46H,7-8,10,13,17-18,23-25,29-31H2,1-6H3,(H,60,67)(H,62,68)(H,63,66)(H3,56,57,71)(H,58,59,78)/t43-,46-,55-/m0/s1. The highest BCUT2D eigenvalue weighted by Crippen LogP contribution is 2.42. The number of hydrogen-bond acceptors (Lipinski definition) is 15. The number of fused-ring (bicyclic) bond motifs is 5. The van der Waals surface area contributed by atoms with Crippen molar-refractivity contribution < 1.29 is 51.4 Å². The highest BCUT2D eigenvalue weighted by atomic mass is 32.2. The minimum atomic E-state index is -3.54. The number of aromatic amines is 1. The summed E-state index contributed by atoms with van der Waals surface area (Å²) >= 11 is 4.94. The molecule has 7 N–H and O–H groups in total. The molecule has 418 valence electrons. The van der Waals surface area contributed by atoms with Crippen molar-refractivity contribution in [3.63, 3.8) is 0 Å². The van der Waals surface area contributed by atoms with Crippen molar-refractivity contribution in [2.45, 2.75) is 123 Å². The van der Waals surface area contributed by atoms with Crippen LogP contribution in [-0.2, 0) is 75.2 Å². The van der Waals surface area contributed by atoms with Gasteiger partial charge in [0, 0.05) is 66.6 Å². The number of sulfonamides is 1. The Morgan fingerprint density at radius 2 is 1.76 bits per heavy atom. The maximum absolute atomic E-state index is 14.4. The minimum Gasteiger partial charge on any atom is -0.457 e. The van der Waals surface area contributed by atoms with Gasteiger partial charge in [-0.25, -0.2) is 32.8 Å². The molecule has 0 saturated heterocycles. The summed E-state index contributed by atoms with van der Waals surface area (Å²) in [6.45, 7) is 8.48. The van der Waals surface area contributed by atoms with Crippen LogP contribution in [0.1, 0.15) is 107 Å². The van der Waals surface area contributed by atoms with Crippen molar-refractivity contribution in [2.75, 3.05) is 24.7 Å². The van der Waals surface area contributed by atoms with Gasteiger partial charge in [0.25, 0.3) is 5.56 Å². The number of nitrogens with two attached hydrogens (primary N) is 1. The van der Waals surface area contributed by atoms with Gasteiger partial charge < -0.3 is 50.8 Å². The summed E-state index contributed by atoms with van der Waals surface area (Å²) in [7, 11) is -3.54. The molecule has 0 spiro atoms. The Labute approximate surface area is 462 Å². The third kappa shape index (κ3) is 14.2. The molecule has 5 heterocycles. The third-order valence-corrected chi connectivity index (χ3v) is 15.3. The number of aromatic nitrogens is 4. The van der Waals surface area contributed by atoms with E-state index in [4.69, 9.17) is 37.1 Å². The Kier molecular flexibility index (Phi) is 19.0. The number of cyclic esters (lactones) is 1. The number of unbranched alkanes of at least 4 members (excludes halogenated alkanes) is 1. The molecule has 0 unspecified atom stereocenters.